The zero-order valence-electron chi connectivity index (χ0n) is 10.4. The van der Waals surface area contributed by atoms with Crippen LogP contribution in [0.1, 0.15) is 33.1 Å². The molecule has 4 heteroatoms. The summed E-state index contributed by atoms with van der Waals surface area (Å²) in [6.45, 7) is 4.90. The van der Waals surface area contributed by atoms with E-state index < -0.39 is 11.7 Å². The Labute approximate surface area is 102 Å². The fourth-order valence-corrected chi connectivity index (χ4v) is 1.97. The molecule has 0 N–H and O–H groups in total. The smallest absolute Gasteiger partial charge is 0.179 e. The lowest BCUT2D eigenvalue weighted by Crippen LogP contribution is -2.28. The molecule has 0 unspecified atom stereocenters. The van der Waals surface area contributed by atoms with Gasteiger partial charge in [0, 0.05) is 19.6 Å². The number of nitrogens with zero attached hydrogens (tertiary/aromatic N) is 2. The Morgan fingerprint density at radius 2 is 1.88 bits per heavy atom. The molecule has 92 valence electrons. The molecule has 0 aromatic carbocycles. The summed E-state index contributed by atoms with van der Waals surface area (Å²) >= 11 is 0. The molecule has 0 aromatic rings. The molecule has 0 bridgehead atoms. The molecule has 0 radical (unpaired) electrons. The molecule has 0 fully saturated rings. The van der Waals surface area contributed by atoms with Crippen molar-refractivity contribution in [1.82, 2.24) is 0 Å². The standard InChI is InChI=1S/C13H18N2O2/c1-3-16-12(17-4-2)11-6-5-7-13(8-11,9-14)10-15/h6,12H,3-5,7-8H2,1-2H3. The zero-order valence-corrected chi connectivity index (χ0v) is 10.4. The van der Waals surface area contributed by atoms with Crippen LogP contribution in [0.2, 0.25) is 0 Å². The van der Waals surface area contributed by atoms with Crippen LogP contribution in [0.4, 0.5) is 0 Å². The van der Waals surface area contributed by atoms with Crippen LogP contribution >= 0.6 is 0 Å². The summed E-state index contributed by atoms with van der Waals surface area (Å²) in [5.74, 6) is 0. The SMILES string of the molecule is CCOC(OCC)C1=CCCC(C#N)(C#N)C1. The number of ether oxygens (including phenoxy) is 2. The number of hydrogen-bond acceptors (Lipinski definition) is 4. The fraction of sp³-hybridized carbons (Fsp3) is 0.692. The number of rotatable bonds is 5. The highest BCUT2D eigenvalue weighted by Crippen LogP contribution is 2.37. The van der Waals surface area contributed by atoms with E-state index in [0.29, 0.717) is 26.1 Å². The van der Waals surface area contributed by atoms with E-state index in [1.54, 1.807) is 0 Å². The average molecular weight is 234 g/mol. The Hall–Kier alpha value is -1.36. The van der Waals surface area contributed by atoms with E-state index in [-0.39, 0.29) is 0 Å². The minimum atomic E-state index is -0.906. The fourth-order valence-electron chi connectivity index (χ4n) is 1.97. The lowest BCUT2D eigenvalue weighted by molar-refractivity contribution is -0.114. The first kappa shape index (κ1) is 13.7. The molecular formula is C13H18N2O2. The van der Waals surface area contributed by atoms with Crippen LogP contribution in [-0.2, 0) is 9.47 Å². The van der Waals surface area contributed by atoms with Crippen molar-refractivity contribution < 1.29 is 9.47 Å². The summed E-state index contributed by atoms with van der Waals surface area (Å²) in [5.41, 5.74) is 0.0133. The van der Waals surface area contributed by atoms with E-state index in [2.05, 4.69) is 12.1 Å². The molecular weight excluding hydrogens is 216 g/mol. The highest BCUT2D eigenvalue weighted by Gasteiger charge is 2.35. The molecule has 0 saturated heterocycles. The monoisotopic (exact) mass is 234 g/mol. The van der Waals surface area contributed by atoms with Crippen molar-refractivity contribution in [3.8, 4) is 12.1 Å². The van der Waals surface area contributed by atoms with Gasteiger partial charge in [-0.15, -0.1) is 0 Å². The van der Waals surface area contributed by atoms with Crippen molar-refractivity contribution in [2.75, 3.05) is 13.2 Å². The lowest BCUT2D eigenvalue weighted by atomic mass is 9.76. The van der Waals surface area contributed by atoms with Gasteiger partial charge in [-0.05, 0) is 32.3 Å². The van der Waals surface area contributed by atoms with Crippen LogP contribution in [0.25, 0.3) is 0 Å². The van der Waals surface area contributed by atoms with E-state index in [0.717, 1.165) is 12.0 Å². The van der Waals surface area contributed by atoms with Crippen molar-refractivity contribution in [2.24, 2.45) is 5.41 Å². The maximum atomic E-state index is 9.12. The number of nitriles is 2. The van der Waals surface area contributed by atoms with Crippen molar-refractivity contribution >= 4 is 0 Å². The van der Waals surface area contributed by atoms with Crippen molar-refractivity contribution in [2.45, 2.75) is 39.4 Å². The molecule has 1 aliphatic carbocycles. The highest BCUT2D eigenvalue weighted by molar-refractivity contribution is 5.25. The summed E-state index contributed by atoms with van der Waals surface area (Å²) in [5, 5.41) is 18.2. The van der Waals surface area contributed by atoms with Gasteiger partial charge in [-0.2, -0.15) is 10.5 Å². The minimum absolute atomic E-state index is 0.411. The topological polar surface area (TPSA) is 66.0 Å². The van der Waals surface area contributed by atoms with Crippen LogP contribution in [0.15, 0.2) is 11.6 Å². The first-order valence-electron chi connectivity index (χ1n) is 5.96. The minimum Gasteiger partial charge on any atom is -0.349 e. The quantitative estimate of drug-likeness (QED) is 0.541. The van der Waals surface area contributed by atoms with E-state index in [1.807, 2.05) is 19.9 Å². The van der Waals surface area contributed by atoms with Gasteiger partial charge in [0.1, 0.15) is 5.41 Å². The van der Waals surface area contributed by atoms with Crippen LogP contribution < -0.4 is 0 Å². The number of hydrogen-bond donors (Lipinski definition) is 0. The zero-order chi connectivity index (χ0) is 12.7. The molecule has 0 aromatic heterocycles. The van der Waals surface area contributed by atoms with Crippen molar-refractivity contribution in [1.29, 1.82) is 10.5 Å². The molecule has 0 heterocycles. The summed E-state index contributed by atoms with van der Waals surface area (Å²) in [6, 6.07) is 4.25. The first-order chi connectivity index (χ1) is 8.21. The van der Waals surface area contributed by atoms with E-state index in [4.69, 9.17) is 20.0 Å². The highest BCUT2D eigenvalue weighted by atomic mass is 16.7. The van der Waals surface area contributed by atoms with Gasteiger partial charge in [-0.3, -0.25) is 0 Å². The Bertz CT molecular complexity index is 343. The third kappa shape index (κ3) is 3.30. The molecule has 0 saturated carbocycles. The second kappa shape index (κ2) is 6.39. The Morgan fingerprint density at radius 3 is 2.35 bits per heavy atom. The summed E-state index contributed by atoms with van der Waals surface area (Å²) < 4.78 is 11.0. The predicted octanol–water partition coefficient (Wildman–Crippen LogP) is 2.53. The summed E-state index contributed by atoms with van der Waals surface area (Å²) in [4.78, 5) is 0. The molecule has 0 aliphatic heterocycles. The third-order valence-electron chi connectivity index (χ3n) is 2.85. The van der Waals surface area contributed by atoms with Crippen LogP contribution in [-0.4, -0.2) is 19.5 Å². The molecule has 1 rings (SSSR count). The Balaban J connectivity index is 2.80. The number of allylic oxidation sites excluding steroid dienone is 1. The van der Waals surface area contributed by atoms with Crippen LogP contribution in [0, 0.1) is 28.1 Å². The molecule has 0 amide bonds. The van der Waals surface area contributed by atoms with Gasteiger partial charge in [0.15, 0.2) is 6.29 Å². The van der Waals surface area contributed by atoms with Gasteiger partial charge < -0.3 is 9.47 Å². The third-order valence-corrected chi connectivity index (χ3v) is 2.85. The van der Waals surface area contributed by atoms with Gasteiger partial charge in [0.2, 0.25) is 0 Å². The van der Waals surface area contributed by atoms with Crippen molar-refractivity contribution in [3.63, 3.8) is 0 Å². The maximum Gasteiger partial charge on any atom is 0.179 e. The lowest BCUT2D eigenvalue weighted by Gasteiger charge is -2.28. The largest absolute Gasteiger partial charge is 0.349 e. The predicted molar refractivity (Wildman–Crippen MR) is 62.6 cm³/mol. The van der Waals surface area contributed by atoms with Gasteiger partial charge in [-0.25, -0.2) is 0 Å². The summed E-state index contributed by atoms with van der Waals surface area (Å²) in [7, 11) is 0. The second-order valence-electron chi connectivity index (χ2n) is 4.04. The average Bonchev–Trinajstić information content (AvgIpc) is 2.38. The van der Waals surface area contributed by atoms with E-state index in [1.165, 1.54) is 0 Å². The molecule has 0 atom stereocenters. The first-order valence-corrected chi connectivity index (χ1v) is 5.96. The normalized spacial score (nSPS) is 18.3. The van der Waals surface area contributed by atoms with E-state index in [9.17, 15) is 0 Å². The summed E-state index contributed by atoms with van der Waals surface area (Å²) in [6.07, 6.45) is 3.36. The van der Waals surface area contributed by atoms with Crippen LogP contribution in [0.3, 0.4) is 0 Å². The molecule has 0 spiro atoms. The van der Waals surface area contributed by atoms with Gasteiger partial charge in [0.25, 0.3) is 0 Å². The van der Waals surface area contributed by atoms with Gasteiger partial charge in [0.05, 0.1) is 12.1 Å². The second-order valence-corrected chi connectivity index (χ2v) is 4.04. The van der Waals surface area contributed by atoms with Gasteiger partial charge >= 0.3 is 0 Å². The molecule has 17 heavy (non-hydrogen) atoms. The molecule has 1 aliphatic rings. The molecule has 4 nitrogen and oxygen atoms in total. The van der Waals surface area contributed by atoms with Crippen LogP contribution in [0.5, 0.6) is 0 Å². The van der Waals surface area contributed by atoms with Crippen molar-refractivity contribution in [3.05, 3.63) is 11.6 Å². The Morgan fingerprint density at radius 1 is 1.29 bits per heavy atom. The van der Waals surface area contributed by atoms with Gasteiger partial charge in [-0.1, -0.05) is 6.08 Å². The maximum absolute atomic E-state index is 9.12. The van der Waals surface area contributed by atoms with E-state index >= 15 is 0 Å². The Kier molecular flexibility index (Phi) is 5.15.